The van der Waals surface area contributed by atoms with Gasteiger partial charge >= 0.3 is 24.0 Å². The van der Waals surface area contributed by atoms with Crippen molar-refractivity contribution in [1.29, 1.82) is 0 Å². The molecule has 0 radical (unpaired) electrons. The van der Waals surface area contributed by atoms with Gasteiger partial charge in [0.1, 0.15) is 17.4 Å². The molecular formula is C37H38ClF4N7O5. The number of hydrogen-bond acceptors (Lipinski definition) is 9. The van der Waals surface area contributed by atoms with E-state index in [-0.39, 0.29) is 68.5 Å². The van der Waals surface area contributed by atoms with Crippen LogP contribution in [0.25, 0.3) is 0 Å². The summed E-state index contributed by atoms with van der Waals surface area (Å²) in [6.45, 7) is 2.81. The first-order valence-corrected chi connectivity index (χ1v) is 17.3. The fourth-order valence-corrected chi connectivity index (χ4v) is 5.62. The van der Waals surface area contributed by atoms with Crippen molar-refractivity contribution in [3.63, 3.8) is 0 Å². The minimum Gasteiger partial charge on any atom is -0.492 e. The minimum atomic E-state index is -4.61. The van der Waals surface area contributed by atoms with Crippen LogP contribution in [0.15, 0.2) is 66.7 Å². The number of halogens is 5. The highest BCUT2D eigenvalue weighted by molar-refractivity contribution is 6.35. The summed E-state index contributed by atoms with van der Waals surface area (Å²) >= 11 is 6.51. The molecule has 17 heteroatoms. The predicted octanol–water partition coefficient (Wildman–Crippen LogP) is 5.49. The summed E-state index contributed by atoms with van der Waals surface area (Å²) < 4.78 is 62.8. The first kappa shape index (κ1) is 39.7. The number of nitrogens with zero attached hydrogens (tertiary/aromatic N) is 4. The molecule has 54 heavy (non-hydrogen) atoms. The van der Waals surface area contributed by atoms with Gasteiger partial charge in [-0.25, -0.2) is 4.39 Å². The largest absolute Gasteiger partial charge is 0.492 e. The van der Waals surface area contributed by atoms with E-state index in [9.17, 15) is 31.9 Å². The van der Waals surface area contributed by atoms with Crippen molar-refractivity contribution in [3.8, 4) is 11.8 Å². The highest BCUT2D eigenvalue weighted by atomic mass is 35.5. The van der Waals surface area contributed by atoms with Gasteiger partial charge in [-0.1, -0.05) is 55.8 Å². The van der Waals surface area contributed by atoms with E-state index < -0.39 is 41.8 Å². The van der Waals surface area contributed by atoms with Crippen LogP contribution in [-0.2, 0) is 29.1 Å². The third-order valence-corrected chi connectivity index (χ3v) is 8.37. The molecule has 3 aromatic carbocycles. The van der Waals surface area contributed by atoms with E-state index in [4.69, 9.17) is 21.1 Å². The molecule has 0 aliphatic carbocycles. The number of benzene rings is 3. The molecule has 0 saturated heterocycles. The average molecular weight is 772 g/mol. The van der Waals surface area contributed by atoms with Crippen molar-refractivity contribution in [2.45, 2.75) is 46.0 Å². The van der Waals surface area contributed by atoms with Crippen LogP contribution < -0.4 is 25.4 Å². The normalized spacial score (nSPS) is 15.3. The third kappa shape index (κ3) is 12.0. The summed E-state index contributed by atoms with van der Waals surface area (Å²) in [5.74, 6) is -1.94. The van der Waals surface area contributed by atoms with Gasteiger partial charge in [-0.2, -0.15) is 28.1 Å². The Kier molecular flexibility index (Phi) is 12.9. The SMILES string of the molecule is CC1(C)CNC(=O)c2ccc(cc2)Cc2nc(nc(OCC(F)(F)F)n2)NCc2ccc(c(Cl)c2)OCCCN(C(=O)C(=O)NCc2ccc(F)cc2)C1. The van der Waals surface area contributed by atoms with Crippen LogP contribution >= 0.6 is 11.6 Å². The van der Waals surface area contributed by atoms with E-state index in [1.54, 1.807) is 42.5 Å². The van der Waals surface area contributed by atoms with E-state index in [0.29, 0.717) is 34.4 Å². The van der Waals surface area contributed by atoms with Crippen LogP contribution in [0.2, 0.25) is 5.02 Å². The number of hydrogen-bond donors (Lipinski definition) is 3. The number of nitrogens with one attached hydrogen (secondary N) is 3. The zero-order valence-electron chi connectivity index (χ0n) is 29.4. The minimum absolute atomic E-state index is 0.0232. The van der Waals surface area contributed by atoms with Gasteiger partial charge in [0.25, 0.3) is 5.91 Å². The van der Waals surface area contributed by atoms with Crippen molar-refractivity contribution in [3.05, 3.63) is 106 Å². The quantitative estimate of drug-likeness (QED) is 0.181. The number of amides is 3. The molecule has 6 bridgehead atoms. The first-order chi connectivity index (χ1) is 25.6. The lowest BCUT2D eigenvalue weighted by Crippen LogP contribution is -2.49. The fraction of sp³-hybridized carbons (Fsp3) is 0.351. The maximum atomic E-state index is 13.4. The van der Waals surface area contributed by atoms with Gasteiger partial charge in [0.15, 0.2) is 6.61 Å². The maximum absolute atomic E-state index is 13.4. The second-order valence-corrected chi connectivity index (χ2v) is 13.7. The Hall–Kier alpha value is -5.51. The van der Waals surface area contributed by atoms with Gasteiger partial charge in [-0.05, 0) is 64.9 Å². The molecule has 4 aromatic rings. The summed E-state index contributed by atoms with van der Waals surface area (Å²) in [7, 11) is 0. The van der Waals surface area contributed by atoms with Crippen LogP contribution in [0, 0.1) is 11.2 Å². The van der Waals surface area contributed by atoms with Crippen molar-refractivity contribution in [2.75, 3.05) is 38.2 Å². The molecule has 0 unspecified atom stereocenters. The maximum Gasteiger partial charge on any atom is 0.422 e. The molecule has 8 rings (SSSR count). The topological polar surface area (TPSA) is 148 Å². The standard InChI is InChI=1S/C37H38ClF4N7O5/c1-36(2)20-45-31(50)26-9-4-23(5-10-26)17-30-46-34(48-35(47-30)54-22-37(40,41)42)44-19-25-8-13-29(28(38)16-25)53-15-3-14-49(21-36)33(52)32(51)43-18-24-6-11-27(39)12-7-24/h4-13,16H,3,14-15,17-22H2,1-2H3,(H,43,51)(H,45,50)(H,44,46,47,48). The van der Waals surface area contributed by atoms with Gasteiger partial charge in [0, 0.05) is 44.7 Å². The zero-order chi connectivity index (χ0) is 38.9. The number of carbonyl (C=O) groups excluding carboxylic acids is 3. The number of rotatable bonds is 4. The van der Waals surface area contributed by atoms with Gasteiger partial charge < -0.3 is 30.3 Å². The molecule has 3 amide bonds. The van der Waals surface area contributed by atoms with Crippen LogP contribution in [0.5, 0.6) is 11.8 Å². The molecule has 0 fully saturated rings. The van der Waals surface area contributed by atoms with E-state index >= 15 is 0 Å². The van der Waals surface area contributed by atoms with Crippen LogP contribution in [-0.4, -0.2) is 76.6 Å². The number of anilines is 1. The van der Waals surface area contributed by atoms with E-state index in [1.807, 2.05) is 13.8 Å². The molecule has 3 N–H and O–H groups in total. The number of ether oxygens (including phenoxy) is 2. The average Bonchev–Trinajstić information content (AvgIpc) is 3.13. The summed E-state index contributed by atoms with van der Waals surface area (Å²) in [5, 5.41) is 8.73. The molecule has 4 aliphatic rings. The van der Waals surface area contributed by atoms with Crippen molar-refractivity contribution in [1.82, 2.24) is 30.5 Å². The Morgan fingerprint density at radius 3 is 2.43 bits per heavy atom. The highest BCUT2D eigenvalue weighted by Crippen LogP contribution is 2.27. The van der Waals surface area contributed by atoms with Gasteiger partial charge in [-0.3, -0.25) is 14.4 Å². The van der Waals surface area contributed by atoms with Gasteiger partial charge in [-0.15, -0.1) is 0 Å². The Labute approximate surface area is 313 Å². The lowest BCUT2D eigenvalue weighted by molar-refractivity contribution is -0.154. The third-order valence-electron chi connectivity index (χ3n) is 8.08. The summed E-state index contributed by atoms with van der Waals surface area (Å²) in [4.78, 5) is 53.4. The Bertz CT molecular complexity index is 1950. The fourth-order valence-electron chi connectivity index (χ4n) is 5.36. The van der Waals surface area contributed by atoms with E-state index in [0.717, 1.165) is 0 Å². The smallest absolute Gasteiger partial charge is 0.422 e. The molecule has 1 aromatic heterocycles. The molecule has 0 spiro atoms. The molecule has 286 valence electrons. The Balaban J connectivity index is 1.35. The molecule has 4 aliphatic heterocycles. The van der Waals surface area contributed by atoms with Crippen LogP contribution in [0.4, 0.5) is 23.5 Å². The molecule has 12 nitrogen and oxygen atoms in total. The zero-order valence-corrected chi connectivity index (χ0v) is 30.2. The van der Waals surface area contributed by atoms with Crippen molar-refractivity contribution < 1.29 is 41.4 Å². The molecule has 5 heterocycles. The van der Waals surface area contributed by atoms with Crippen molar-refractivity contribution in [2.24, 2.45) is 5.41 Å². The number of carbonyl (C=O) groups is 3. The Morgan fingerprint density at radius 1 is 1.00 bits per heavy atom. The molecular weight excluding hydrogens is 734 g/mol. The van der Waals surface area contributed by atoms with Crippen LogP contribution in [0.1, 0.15) is 53.1 Å². The second kappa shape index (κ2) is 17.5. The van der Waals surface area contributed by atoms with Gasteiger partial charge in [0.2, 0.25) is 5.95 Å². The summed E-state index contributed by atoms with van der Waals surface area (Å²) in [6, 6.07) is 16.6. The summed E-state index contributed by atoms with van der Waals surface area (Å²) in [6.07, 6.45) is -4.19. The van der Waals surface area contributed by atoms with Crippen LogP contribution in [0.3, 0.4) is 0 Å². The molecule has 0 saturated carbocycles. The lowest BCUT2D eigenvalue weighted by Gasteiger charge is -2.32. The number of aromatic nitrogens is 3. The number of alkyl halides is 3. The summed E-state index contributed by atoms with van der Waals surface area (Å²) in [5.41, 5.74) is 1.61. The Morgan fingerprint density at radius 2 is 1.72 bits per heavy atom. The van der Waals surface area contributed by atoms with E-state index in [2.05, 4.69) is 30.9 Å². The second-order valence-electron chi connectivity index (χ2n) is 13.3. The lowest BCUT2D eigenvalue weighted by atomic mass is 9.92. The predicted molar refractivity (Wildman–Crippen MR) is 190 cm³/mol. The van der Waals surface area contributed by atoms with Crippen molar-refractivity contribution >= 4 is 35.3 Å². The van der Waals surface area contributed by atoms with E-state index in [1.165, 1.54) is 29.2 Å². The highest BCUT2D eigenvalue weighted by Gasteiger charge is 2.30. The molecule has 0 atom stereocenters. The van der Waals surface area contributed by atoms with Gasteiger partial charge in [0.05, 0.1) is 11.6 Å². The first-order valence-electron chi connectivity index (χ1n) is 16.9. The monoisotopic (exact) mass is 771 g/mol.